The molecule has 1 aromatic rings. The zero-order chi connectivity index (χ0) is 12.6. The van der Waals surface area contributed by atoms with Gasteiger partial charge < -0.3 is 10.6 Å². The van der Waals surface area contributed by atoms with E-state index in [1.54, 1.807) is 6.21 Å². The average molecular weight is 246 g/mol. The molecule has 3 nitrogen and oxygen atoms in total. The molecule has 0 aromatic heterocycles. The van der Waals surface area contributed by atoms with Gasteiger partial charge in [0.15, 0.2) is 0 Å². The van der Waals surface area contributed by atoms with Crippen LogP contribution in [0.3, 0.4) is 0 Å². The van der Waals surface area contributed by atoms with Crippen molar-refractivity contribution in [2.75, 3.05) is 6.61 Å². The monoisotopic (exact) mass is 246 g/mol. The number of nitrogens with zero attached hydrogens (tertiary/aromatic N) is 1. The van der Waals surface area contributed by atoms with Gasteiger partial charge in [0.2, 0.25) is 0 Å². The van der Waals surface area contributed by atoms with Gasteiger partial charge in [-0.2, -0.15) is 5.10 Å². The van der Waals surface area contributed by atoms with Crippen LogP contribution in [-0.4, -0.2) is 12.8 Å². The summed E-state index contributed by atoms with van der Waals surface area (Å²) in [6, 6.07) is 8.15. The van der Waals surface area contributed by atoms with Crippen LogP contribution in [0, 0.1) is 5.92 Å². The van der Waals surface area contributed by atoms with Crippen molar-refractivity contribution in [3.8, 4) is 0 Å². The molecule has 0 unspecified atom stereocenters. The van der Waals surface area contributed by atoms with Gasteiger partial charge in [0.25, 0.3) is 0 Å². The SMILES string of the molecule is NN=Cc1ccc(COCC2CCCCC2)cc1. The number of nitrogens with two attached hydrogens (primary N) is 1. The van der Waals surface area contributed by atoms with E-state index in [9.17, 15) is 0 Å². The van der Waals surface area contributed by atoms with E-state index in [1.165, 1.54) is 37.7 Å². The van der Waals surface area contributed by atoms with E-state index >= 15 is 0 Å². The summed E-state index contributed by atoms with van der Waals surface area (Å²) < 4.78 is 5.80. The minimum absolute atomic E-state index is 0.705. The van der Waals surface area contributed by atoms with E-state index in [0.29, 0.717) is 6.61 Å². The molecule has 1 saturated carbocycles. The van der Waals surface area contributed by atoms with Gasteiger partial charge in [0.1, 0.15) is 0 Å². The molecule has 18 heavy (non-hydrogen) atoms. The van der Waals surface area contributed by atoms with Gasteiger partial charge in [-0.3, -0.25) is 0 Å². The van der Waals surface area contributed by atoms with E-state index in [0.717, 1.165) is 18.1 Å². The van der Waals surface area contributed by atoms with Crippen LogP contribution < -0.4 is 5.84 Å². The molecule has 0 aliphatic heterocycles. The number of hydrogen-bond acceptors (Lipinski definition) is 3. The highest BCUT2D eigenvalue weighted by atomic mass is 16.5. The highest BCUT2D eigenvalue weighted by molar-refractivity contribution is 5.79. The first-order valence-corrected chi connectivity index (χ1v) is 6.78. The Labute approximate surface area is 109 Å². The molecular weight excluding hydrogens is 224 g/mol. The number of rotatable bonds is 5. The maximum Gasteiger partial charge on any atom is 0.0717 e. The largest absolute Gasteiger partial charge is 0.376 e. The highest BCUT2D eigenvalue weighted by Gasteiger charge is 2.13. The molecule has 0 heterocycles. The fourth-order valence-electron chi connectivity index (χ4n) is 2.48. The van der Waals surface area contributed by atoms with Crippen LogP contribution in [0.4, 0.5) is 0 Å². The van der Waals surface area contributed by atoms with Crippen LogP contribution in [0.25, 0.3) is 0 Å². The molecule has 2 rings (SSSR count). The molecule has 98 valence electrons. The van der Waals surface area contributed by atoms with Crippen molar-refractivity contribution in [2.45, 2.75) is 38.7 Å². The van der Waals surface area contributed by atoms with E-state index < -0.39 is 0 Å². The Hall–Kier alpha value is -1.35. The zero-order valence-electron chi connectivity index (χ0n) is 10.8. The Morgan fingerprint density at radius 2 is 1.89 bits per heavy atom. The molecule has 1 aliphatic rings. The summed E-state index contributed by atoms with van der Waals surface area (Å²) in [7, 11) is 0. The van der Waals surface area contributed by atoms with E-state index in [4.69, 9.17) is 10.6 Å². The highest BCUT2D eigenvalue weighted by Crippen LogP contribution is 2.23. The molecule has 1 aliphatic carbocycles. The first-order chi connectivity index (χ1) is 8.88. The van der Waals surface area contributed by atoms with Crippen molar-refractivity contribution < 1.29 is 4.74 Å². The van der Waals surface area contributed by atoms with Crippen LogP contribution in [0.1, 0.15) is 43.2 Å². The van der Waals surface area contributed by atoms with Crippen molar-refractivity contribution in [3.05, 3.63) is 35.4 Å². The molecule has 0 atom stereocenters. The lowest BCUT2D eigenvalue weighted by molar-refractivity contribution is 0.0739. The standard InChI is InChI=1S/C15H22N2O/c16-17-10-13-6-8-15(9-7-13)12-18-11-14-4-2-1-3-5-14/h6-10,14H,1-5,11-12,16H2. The zero-order valence-corrected chi connectivity index (χ0v) is 10.8. The fraction of sp³-hybridized carbons (Fsp3) is 0.533. The van der Waals surface area contributed by atoms with Crippen molar-refractivity contribution >= 4 is 6.21 Å². The molecule has 1 fully saturated rings. The fourth-order valence-corrected chi connectivity index (χ4v) is 2.48. The van der Waals surface area contributed by atoms with Crippen molar-refractivity contribution in [3.63, 3.8) is 0 Å². The number of hydrazone groups is 1. The Morgan fingerprint density at radius 1 is 1.17 bits per heavy atom. The summed E-state index contributed by atoms with van der Waals surface area (Å²) in [4.78, 5) is 0. The Bertz CT molecular complexity index is 367. The van der Waals surface area contributed by atoms with Crippen molar-refractivity contribution in [1.29, 1.82) is 0 Å². The Balaban J connectivity index is 1.72. The predicted molar refractivity (Wildman–Crippen MR) is 74.5 cm³/mol. The van der Waals surface area contributed by atoms with Gasteiger partial charge in [-0.05, 0) is 29.9 Å². The van der Waals surface area contributed by atoms with E-state index in [1.807, 2.05) is 12.1 Å². The van der Waals surface area contributed by atoms with E-state index in [2.05, 4.69) is 17.2 Å². The van der Waals surface area contributed by atoms with Crippen LogP contribution in [0.2, 0.25) is 0 Å². The third kappa shape index (κ3) is 4.15. The Kier molecular flexibility index (Phi) is 5.21. The number of ether oxygens (including phenoxy) is 1. The van der Waals surface area contributed by atoms with Gasteiger partial charge in [0.05, 0.1) is 12.8 Å². The smallest absolute Gasteiger partial charge is 0.0717 e. The molecule has 0 saturated heterocycles. The molecule has 2 N–H and O–H groups in total. The first kappa shape index (κ1) is 13.1. The second-order valence-corrected chi connectivity index (χ2v) is 5.04. The topological polar surface area (TPSA) is 47.6 Å². The second kappa shape index (κ2) is 7.17. The maximum atomic E-state index is 5.80. The quantitative estimate of drug-likeness (QED) is 0.493. The molecule has 3 heteroatoms. The third-order valence-corrected chi connectivity index (χ3v) is 3.55. The molecular formula is C15H22N2O. The molecule has 0 spiro atoms. The summed E-state index contributed by atoms with van der Waals surface area (Å²) in [6.45, 7) is 1.61. The van der Waals surface area contributed by atoms with Gasteiger partial charge in [0, 0.05) is 6.61 Å². The van der Waals surface area contributed by atoms with Crippen LogP contribution in [0.15, 0.2) is 29.4 Å². The van der Waals surface area contributed by atoms with Gasteiger partial charge in [-0.25, -0.2) is 0 Å². The average Bonchev–Trinajstić information content (AvgIpc) is 2.42. The van der Waals surface area contributed by atoms with Crippen molar-refractivity contribution in [1.82, 2.24) is 0 Å². The number of hydrogen-bond donors (Lipinski definition) is 1. The lowest BCUT2D eigenvalue weighted by atomic mass is 9.90. The third-order valence-electron chi connectivity index (χ3n) is 3.55. The Morgan fingerprint density at radius 3 is 2.56 bits per heavy atom. The van der Waals surface area contributed by atoms with Gasteiger partial charge in [-0.1, -0.05) is 43.5 Å². The lowest BCUT2D eigenvalue weighted by Crippen LogP contribution is -2.13. The minimum Gasteiger partial charge on any atom is -0.376 e. The van der Waals surface area contributed by atoms with Crippen LogP contribution in [-0.2, 0) is 11.3 Å². The summed E-state index contributed by atoms with van der Waals surface area (Å²) in [5.41, 5.74) is 2.23. The summed E-state index contributed by atoms with van der Waals surface area (Å²) >= 11 is 0. The predicted octanol–water partition coefficient (Wildman–Crippen LogP) is 3.08. The van der Waals surface area contributed by atoms with Gasteiger partial charge in [-0.15, -0.1) is 0 Å². The van der Waals surface area contributed by atoms with Gasteiger partial charge >= 0.3 is 0 Å². The lowest BCUT2D eigenvalue weighted by Gasteiger charge is -2.21. The summed E-state index contributed by atoms with van der Waals surface area (Å²) in [5, 5.41) is 3.50. The molecule has 0 bridgehead atoms. The maximum absolute atomic E-state index is 5.80. The summed E-state index contributed by atoms with van der Waals surface area (Å²) in [6.07, 6.45) is 8.48. The van der Waals surface area contributed by atoms with Crippen molar-refractivity contribution in [2.24, 2.45) is 16.9 Å². The second-order valence-electron chi connectivity index (χ2n) is 5.04. The molecule has 0 amide bonds. The molecule has 1 aromatic carbocycles. The normalized spacial score (nSPS) is 17.3. The summed E-state index contributed by atoms with van der Waals surface area (Å²) in [5.74, 6) is 5.89. The van der Waals surface area contributed by atoms with E-state index in [-0.39, 0.29) is 0 Å². The molecule has 0 radical (unpaired) electrons. The first-order valence-electron chi connectivity index (χ1n) is 6.78. The minimum atomic E-state index is 0.705. The van der Waals surface area contributed by atoms with Crippen LogP contribution in [0.5, 0.6) is 0 Å². The van der Waals surface area contributed by atoms with Crippen LogP contribution >= 0.6 is 0 Å². The number of benzene rings is 1.